The number of carboxylic acids is 1. The van der Waals surface area contributed by atoms with E-state index >= 15 is 0 Å². The van der Waals surface area contributed by atoms with Gasteiger partial charge in [0.1, 0.15) is 16.7 Å². The number of nitrogens with zero attached hydrogens (tertiary/aromatic N) is 2. The van der Waals surface area contributed by atoms with Crippen LogP contribution in [0, 0.1) is 0 Å². The fourth-order valence-electron chi connectivity index (χ4n) is 4.65. The first kappa shape index (κ1) is 26.5. The van der Waals surface area contributed by atoms with E-state index in [1.165, 1.54) is 29.2 Å². The van der Waals surface area contributed by atoms with Gasteiger partial charge < -0.3 is 14.7 Å². The number of hydrogen-bond donors (Lipinski definition) is 2. The van der Waals surface area contributed by atoms with Crippen molar-refractivity contribution in [3.63, 3.8) is 0 Å². The lowest BCUT2D eigenvalue weighted by molar-refractivity contribution is 0.0539. The Balaban J connectivity index is 1.26. The van der Waals surface area contributed by atoms with Crippen molar-refractivity contribution in [1.29, 1.82) is 0 Å². The van der Waals surface area contributed by atoms with Crippen molar-refractivity contribution >= 4 is 45.2 Å². The van der Waals surface area contributed by atoms with E-state index in [1.807, 2.05) is 10.8 Å². The van der Waals surface area contributed by atoms with Crippen LogP contribution >= 0.6 is 23.2 Å². The Labute approximate surface area is 220 Å². The minimum atomic E-state index is -4.32. The topological polar surface area (TPSA) is 116 Å². The predicted octanol–water partition coefficient (Wildman–Crippen LogP) is 4.10. The minimum absolute atomic E-state index is 0.0863. The summed E-state index contributed by atoms with van der Waals surface area (Å²) < 4.78 is 33.4. The van der Waals surface area contributed by atoms with Crippen LogP contribution in [0.1, 0.15) is 36.0 Å². The van der Waals surface area contributed by atoms with E-state index in [0.717, 1.165) is 38.8 Å². The van der Waals surface area contributed by atoms with Crippen molar-refractivity contribution in [3.05, 3.63) is 58.1 Å². The van der Waals surface area contributed by atoms with E-state index in [-0.39, 0.29) is 11.7 Å². The first-order valence-electron chi connectivity index (χ1n) is 11.6. The molecular formula is C24H27Cl2N3O6S. The highest BCUT2D eigenvalue weighted by Gasteiger charge is 2.32. The standard InChI is InChI=1S/C24H27Cl2N3O6S/c25-20-6-5-18(15-21(20)26)35-17-9-13-28(14-10-17)16-7-11-29(12-8-16)24(32)27-36(33,34)22-4-2-1-3-19(22)23(30)31/h1-6,15-17H,7-14H2,(H,27,32)(H,30,31). The van der Waals surface area contributed by atoms with Gasteiger partial charge in [-0.05, 0) is 49.9 Å². The van der Waals surface area contributed by atoms with Gasteiger partial charge in [0, 0.05) is 38.3 Å². The van der Waals surface area contributed by atoms with E-state index in [4.69, 9.17) is 27.9 Å². The summed E-state index contributed by atoms with van der Waals surface area (Å²) in [5.74, 6) is -0.682. The summed E-state index contributed by atoms with van der Waals surface area (Å²) in [5, 5.41) is 10.2. The fourth-order valence-corrected chi connectivity index (χ4v) is 6.11. The highest BCUT2D eigenvalue weighted by atomic mass is 35.5. The zero-order valence-corrected chi connectivity index (χ0v) is 21.7. The van der Waals surface area contributed by atoms with Crippen LogP contribution in [0.3, 0.4) is 0 Å². The molecule has 0 radical (unpaired) electrons. The second kappa shape index (κ2) is 11.2. The maximum Gasteiger partial charge on any atom is 0.337 e. The highest BCUT2D eigenvalue weighted by Crippen LogP contribution is 2.29. The molecule has 2 heterocycles. The number of carboxylic acid groups (broad SMARTS) is 1. The van der Waals surface area contributed by atoms with Crippen LogP contribution in [0.4, 0.5) is 4.79 Å². The number of amides is 2. The summed E-state index contributed by atoms with van der Waals surface area (Å²) in [5.41, 5.74) is -0.386. The molecule has 2 aliphatic rings. The second-order valence-electron chi connectivity index (χ2n) is 8.86. The molecule has 194 valence electrons. The first-order valence-corrected chi connectivity index (χ1v) is 13.9. The molecule has 2 N–H and O–H groups in total. The number of urea groups is 1. The predicted molar refractivity (Wildman–Crippen MR) is 135 cm³/mol. The van der Waals surface area contributed by atoms with E-state index in [0.29, 0.717) is 34.9 Å². The van der Waals surface area contributed by atoms with Crippen molar-refractivity contribution in [1.82, 2.24) is 14.5 Å². The lowest BCUT2D eigenvalue weighted by Crippen LogP contribution is -2.52. The van der Waals surface area contributed by atoms with Gasteiger partial charge in [0.25, 0.3) is 10.0 Å². The monoisotopic (exact) mass is 555 g/mol. The van der Waals surface area contributed by atoms with Gasteiger partial charge in [-0.25, -0.2) is 22.7 Å². The molecule has 2 aromatic carbocycles. The zero-order valence-electron chi connectivity index (χ0n) is 19.4. The summed E-state index contributed by atoms with van der Waals surface area (Å²) >= 11 is 12.0. The smallest absolute Gasteiger partial charge is 0.337 e. The molecule has 4 rings (SSSR count). The molecule has 0 aliphatic carbocycles. The van der Waals surface area contributed by atoms with Gasteiger partial charge in [-0.3, -0.25) is 4.90 Å². The molecule has 36 heavy (non-hydrogen) atoms. The van der Waals surface area contributed by atoms with Crippen molar-refractivity contribution in [2.45, 2.75) is 42.7 Å². The zero-order chi connectivity index (χ0) is 25.9. The summed E-state index contributed by atoms with van der Waals surface area (Å²) in [6, 6.07) is 9.99. The SMILES string of the molecule is O=C(O)c1ccccc1S(=O)(=O)NC(=O)N1CCC(N2CCC(Oc3ccc(Cl)c(Cl)c3)CC2)CC1. The van der Waals surface area contributed by atoms with Crippen molar-refractivity contribution < 1.29 is 27.9 Å². The number of carbonyl (C=O) groups excluding carboxylic acids is 1. The molecule has 2 saturated heterocycles. The molecule has 0 saturated carbocycles. The number of aromatic carboxylic acids is 1. The molecule has 0 bridgehead atoms. The molecule has 9 nitrogen and oxygen atoms in total. The third-order valence-electron chi connectivity index (χ3n) is 6.57. The Kier molecular flexibility index (Phi) is 8.29. The van der Waals surface area contributed by atoms with Crippen LogP contribution in [0.25, 0.3) is 0 Å². The number of rotatable bonds is 6. The molecule has 0 aromatic heterocycles. The van der Waals surface area contributed by atoms with Crippen LogP contribution in [-0.4, -0.2) is 73.6 Å². The number of sulfonamides is 1. The van der Waals surface area contributed by atoms with E-state index in [9.17, 15) is 23.1 Å². The molecule has 12 heteroatoms. The quantitative estimate of drug-likeness (QED) is 0.551. The summed E-state index contributed by atoms with van der Waals surface area (Å²) in [4.78, 5) is 27.4. The fraction of sp³-hybridized carbons (Fsp3) is 0.417. The van der Waals surface area contributed by atoms with Crippen LogP contribution in [0.5, 0.6) is 5.75 Å². The van der Waals surface area contributed by atoms with E-state index in [1.54, 1.807) is 12.1 Å². The number of piperidine rings is 2. The van der Waals surface area contributed by atoms with Crippen LogP contribution in [-0.2, 0) is 10.0 Å². The third-order valence-corrected chi connectivity index (χ3v) is 8.68. The molecule has 2 aliphatic heterocycles. The maximum absolute atomic E-state index is 12.7. The Morgan fingerprint density at radius 3 is 2.25 bits per heavy atom. The van der Waals surface area contributed by atoms with Gasteiger partial charge >= 0.3 is 12.0 Å². The largest absolute Gasteiger partial charge is 0.490 e. The highest BCUT2D eigenvalue weighted by molar-refractivity contribution is 7.90. The van der Waals surface area contributed by atoms with Crippen LogP contribution in [0.15, 0.2) is 47.4 Å². The number of likely N-dealkylation sites (tertiary alicyclic amines) is 2. The van der Waals surface area contributed by atoms with Crippen LogP contribution < -0.4 is 9.46 Å². The molecule has 0 unspecified atom stereocenters. The molecule has 0 spiro atoms. The van der Waals surface area contributed by atoms with E-state index in [2.05, 4.69) is 4.90 Å². The van der Waals surface area contributed by atoms with Crippen molar-refractivity contribution in [2.24, 2.45) is 0 Å². The van der Waals surface area contributed by atoms with Crippen molar-refractivity contribution in [2.75, 3.05) is 26.2 Å². The summed E-state index contributed by atoms with van der Waals surface area (Å²) in [6.45, 7) is 2.55. The van der Waals surface area contributed by atoms with Gasteiger partial charge in [-0.2, -0.15) is 0 Å². The average molecular weight is 556 g/mol. The number of carbonyl (C=O) groups is 2. The molecule has 0 atom stereocenters. The number of ether oxygens (including phenoxy) is 1. The lowest BCUT2D eigenvalue weighted by Gasteiger charge is -2.41. The normalized spacial score (nSPS) is 18.1. The van der Waals surface area contributed by atoms with Gasteiger partial charge in [0.15, 0.2) is 0 Å². The first-order chi connectivity index (χ1) is 17.1. The van der Waals surface area contributed by atoms with E-state index < -0.39 is 26.9 Å². The Morgan fingerprint density at radius 2 is 1.61 bits per heavy atom. The Bertz CT molecular complexity index is 1230. The lowest BCUT2D eigenvalue weighted by atomic mass is 9.99. The molecular weight excluding hydrogens is 529 g/mol. The van der Waals surface area contributed by atoms with Gasteiger partial charge in [0.05, 0.1) is 15.6 Å². The van der Waals surface area contributed by atoms with Gasteiger partial charge in [-0.15, -0.1) is 0 Å². The van der Waals surface area contributed by atoms with Gasteiger partial charge in [-0.1, -0.05) is 35.3 Å². The number of halogens is 2. The van der Waals surface area contributed by atoms with Gasteiger partial charge in [0.2, 0.25) is 0 Å². The molecule has 2 amide bonds. The Morgan fingerprint density at radius 1 is 0.944 bits per heavy atom. The Hall–Kier alpha value is -2.53. The maximum atomic E-state index is 12.7. The molecule has 2 aromatic rings. The summed E-state index contributed by atoms with van der Waals surface area (Å²) in [6.07, 6.45) is 3.25. The molecule has 2 fully saturated rings. The van der Waals surface area contributed by atoms with Crippen LogP contribution in [0.2, 0.25) is 10.0 Å². The third kappa shape index (κ3) is 6.23. The number of hydrogen-bond acceptors (Lipinski definition) is 6. The number of benzene rings is 2. The summed E-state index contributed by atoms with van der Waals surface area (Å²) in [7, 11) is -4.32. The number of nitrogens with one attached hydrogen (secondary N) is 1. The second-order valence-corrected chi connectivity index (χ2v) is 11.3. The van der Waals surface area contributed by atoms with Crippen molar-refractivity contribution in [3.8, 4) is 5.75 Å². The average Bonchev–Trinajstić information content (AvgIpc) is 2.86. The minimum Gasteiger partial charge on any atom is -0.490 e.